The molecule has 0 heterocycles. The van der Waals surface area contributed by atoms with Gasteiger partial charge in [0.1, 0.15) is 0 Å². The molecule has 0 rings (SSSR count). The van der Waals surface area contributed by atoms with Crippen LogP contribution in [0.1, 0.15) is 0 Å². The van der Waals surface area contributed by atoms with Crippen molar-refractivity contribution in [3.8, 4) is 0 Å². The molecule has 0 unspecified atom stereocenters. The van der Waals surface area contributed by atoms with Crippen molar-refractivity contribution in [2.75, 3.05) is 7.05 Å². The molecule has 2 heteroatoms. The molecule has 0 atom stereocenters. The minimum atomic E-state index is 0. The predicted octanol–water partition coefficient (Wildman–Crippen LogP) is 0.499. The fraction of sp³-hybridized carbons (Fsp3) is 0.333. The molecule has 0 radical (unpaired) electrons. The van der Waals surface area contributed by atoms with Gasteiger partial charge in [-0.1, -0.05) is 7.05 Å². The quantitative estimate of drug-likeness (QED) is 0.558. The third kappa shape index (κ3) is 77.6. The Labute approximate surface area is 47.6 Å². The Bertz CT molecular complexity index is 11.6. The van der Waals surface area contributed by atoms with Crippen molar-refractivity contribution < 1.29 is 21.1 Å². The van der Waals surface area contributed by atoms with E-state index in [9.17, 15) is 0 Å². The fourth-order valence-electron chi connectivity index (χ4n) is 0. The first-order chi connectivity index (χ1) is 1.73. The third-order valence-corrected chi connectivity index (χ3v) is 0. The monoisotopic (exact) mass is 241 g/mol. The molecule has 5 heavy (non-hydrogen) atoms. The summed E-state index contributed by atoms with van der Waals surface area (Å²) in [6.07, 6.45) is 0. The molecule has 30 valence electrons. The van der Waals surface area contributed by atoms with Gasteiger partial charge in [-0.05, 0) is 0 Å². The SMILES string of the molecule is [CH2-]N([CH2-])C.[W+2]. The third-order valence-electron chi connectivity index (χ3n) is 0. The number of rotatable bonds is 0. The molecule has 0 fully saturated rings. The summed E-state index contributed by atoms with van der Waals surface area (Å²) in [6, 6.07) is 0. The molecule has 0 saturated heterocycles. The van der Waals surface area contributed by atoms with Crippen molar-refractivity contribution >= 4 is 0 Å². The zero-order chi connectivity index (χ0) is 3.58. The van der Waals surface area contributed by atoms with Crippen molar-refractivity contribution in [3.05, 3.63) is 14.1 Å². The van der Waals surface area contributed by atoms with Crippen LogP contribution in [0.25, 0.3) is 0 Å². The van der Waals surface area contributed by atoms with Crippen LogP contribution in [0, 0.1) is 14.1 Å². The molecule has 0 amide bonds. The molecular formula is C3H7NW. The number of hydrogen-bond donors (Lipinski definition) is 0. The standard InChI is InChI=1S/C3H7N.W/c1-4(2)3;/h1-2H2,3H3;/q-2;+2. The Morgan fingerprint density at radius 1 is 1.40 bits per heavy atom. The van der Waals surface area contributed by atoms with Gasteiger partial charge in [0.2, 0.25) is 0 Å². The largest absolute Gasteiger partial charge is 2.00 e. The van der Waals surface area contributed by atoms with Crippen LogP contribution in [-0.2, 0) is 21.1 Å². The summed E-state index contributed by atoms with van der Waals surface area (Å²) in [6.45, 7) is 0. The zero-order valence-electron chi connectivity index (χ0n) is 3.27. The summed E-state index contributed by atoms with van der Waals surface area (Å²) in [5.41, 5.74) is 0. The van der Waals surface area contributed by atoms with E-state index in [0.717, 1.165) is 0 Å². The van der Waals surface area contributed by atoms with E-state index in [1.54, 1.807) is 7.05 Å². The average Bonchev–Trinajstić information content (AvgIpc) is 0.811. The first kappa shape index (κ1) is 9.17. The Hall–Kier alpha value is 0.648. The summed E-state index contributed by atoms with van der Waals surface area (Å²) in [7, 11) is 8.50. The molecule has 0 bridgehead atoms. The van der Waals surface area contributed by atoms with E-state index in [2.05, 4.69) is 14.1 Å². The Morgan fingerprint density at radius 3 is 1.40 bits per heavy atom. The maximum Gasteiger partial charge on any atom is 2.00 e. The molecule has 0 saturated carbocycles. The van der Waals surface area contributed by atoms with Gasteiger partial charge < -0.3 is 19.0 Å². The van der Waals surface area contributed by atoms with Crippen LogP contribution in [0.15, 0.2) is 0 Å². The molecule has 0 aromatic rings. The zero-order valence-corrected chi connectivity index (χ0v) is 6.20. The molecule has 0 spiro atoms. The van der Waals surface area contributed by atoms with Gasteiger partial charge >= 0.3 is 21.1 Å². The van der Waals surface area contributed by atoms with Crippen LogP contribution in [0.3, 0.4) is 0 Å². The van der Waals surface area contributed by atoms with Gasteiger partial charge in [0.05, 0.1) is 0 Å². The van der Waals surface area contributed by atoms with Gasteiger partial charge in [0.25, 0.3) is 0 Å². The molecule has 0 aliphatic rings. The van der Waals surface area contributed by atoms with Gasteiger partial charge in [-0.25, -0.2) is 0 Å². The predicted molar refractivity (Wildman–Crippen MR) is 18.5 cm³/mol. The molecule has 0 aliphatic heterocycles. The molecule has 0 N–H and O–H groups in total. The van der Waals surface area contributed by atoms with Crippen molar-refractivity contribution in [1.82, 2.24) is 4.90 Å². The first-order valence-electron chi connectivity index (χ1n) is 1.08. The minimum absolute atomic E-state index is 0. The molecule has 0 aromatic carbocycles. The average molecular weight is 241 g/mol. The maximum atomic E-state index is 3.36. The van der Waals surface area contributed by atoms with Crippen LogP contribution in [0.4, 0.5) is 0 Å². The van der Waals surface area contributed by atoms with Crippen LogP contribution >= 0.6 is 0 Å². The van der Waals surface area contributed by atoms with Crippen LogP contribution in [0.2, 0.25) is 0 Å². The second kappa shape index (κ2) is 4.65. The van der Waals surface area contributed by atoms with Crippen LogP contribution < -0.4 is 0 Å². The Balaban J connectivity index is 0. The van der Waals surface area contributed by atoms with E-state index in [0.29, 0.717) is 0 Å². The fourth-order valence-corrected chi connectivity index (χ4v) is 0. The summed E-state index contributed by atoms with van der Waals surface area (Å²) >= 11 is 0. The van der Waals surface area contributed by atoms with Crippen LogP contribution in [-0.4, -0.2) is 11.9 Å². The van der Waals surface area contributed by atoms with Crippen molar-refractivity contribution in [2.45, 2.75) is 0 Å². The second-order valence-corrected chi connectivity index (χ2v) is 0.856. The molecule has 0 aliphatic carbocycles. The normalized spacial score (nSPS) is 7.20. The summed E-state index contributed by atoms with van der Waals surface area (Å²) in [5, 5.41) is 0. The Kier molecular flexibility index (Phi) is 8.52. The van der Waals surface area contributed by atoms with Gasteiger partial charge in [-0.3, -0.25) is 0 Å². The summed E-state index contributed by atoms with van der Waals surface area (Å²) in [5.74, 6) is 0. The summed E-state index contributed by atoms with van der Waals surface area (Å²) in [4.78, 5) is 1.50. The van der Waals surface area contributed by atoms with Crippen molar-refractivity contribution in [3.63, 3.8) is 0 Å². The van der Waals surface area contributed by atoms with Gasteiger partial charge in [0, 0.05) is 0 Å². The molecule has 0 aromatic heterocycles. The van der Waals surface area contributed by atoms with E-state index >= 15 is 0 Å². The topological polar surface area (TPSA) is 3.24 Å². The second-order valence-electron chi connectivity index (χ2n) is 0.856. The summed E-state index contributed by atoms with van der Waals surface area (Å²) < 4.78 is 0. The molecule has 1 nitrogen and oxygen atoms in total. The van der Waals surface area contributed by atoms with Crippen molar-refractivity contribution in [2.24, 2.45) is 0 Å². The Morgan fingerprint density at radius 2 is 1.40 bits per heavy atom. The van der Waals surface area contributed by atoms with E-state index in [1.165, 1.54) is 4.90 Å². The van der Waals surface area contributed by atoms with Crippen molar-refractivity contribution in [1.29, 1.82) is 0 Å². The number of nitrogens with zero attached hydrogens (tertiary/aromatic N) is 1. The van der Waals surface area contributed by atoms with E-state index < -0.39 is 0 Å². The first-order valence-corrected chi connectivity index (χ1v) is 1.08. The van der Waals surface area contributed by atoms with Gasteiger partial charge in [0.15, 0.2) is 0 Å². The maximum absolute atomic E-state index is 3.36. The van der Waals surface area contributed by atoms with E-state index in [-0.39, 0.29) is 21.1 Å². The van der Waals surface area contributed by atoms with Gasteiger partial charge in [-0.15, -0.1) is 0 Å². The molecular weight excluding hydrogens is 234 g/mol. The van der Waals surface area contributed by atoms with Gasteiger partial charge in [-0.2, -0.15) is 0 Å². The van der Waals surface area contributed by atoms with E-state index in [4.69, 9.17) is 0 Å². The number of hydrogen-bond acceptors (Lipinski definition) is 1. The van der Waals surface area contributed by atoms with Crippen LogP contribution in [0.5, 0.6) is 0 Å². The van der Waals surface area contributed by atoms with E-state index in [1.807, 2.05) is 0 Å². The smallest absolute Gasteiger partial charge is 0.613 e. The minimum Gasteiger partial charge on any atom is -0.613 e.